The molecular formula is C60H104NO8P. The third-order valence-corrected chi connectivity index (χ3v) is 12.7. The number of rotatable bonds is 52. The van der Waals surface area contributed by atoms with Gasteiger partial charge < -0.3 is 20.1 Å². The van der Waals surface area contributed by atoms with Crippen LogP contribution in [0.25, 0.3) is 0 Å². The molecule has 0 aliphatic carbocycles. The molecule has 3 N–H and O–H groups in total. The summed E-state index contributed by atoms with van der Waals surface area (Å²) in [5, 5.41) is 0. The Morgan fingerprint density at radius 1 is 0.443 bits per heavy atom. The molecule has 0 saturated carbocycles. The summed E-state index contributed by atoms with van der Waals surface area (Å²) in [5.74, 6) is -0.831. The number of allylic oxidation sites excluding steroid dienone is 16. The van der Waals surface area contributed by atoms with Crippen molar-refractivity contribution in [3.8, 4) is 0 Å². The van der Waals surface area contributed by atoms with Crippen molar-refractivity contribution in [2.45, 2.75) is 245 Å². The molecule has 0 heterocycles. The van der Waals surface area contributed by atoms with E-state index in [0.29, 0.717) is 6.42 Å². The first-order valence-electron chi connectivity index (χ1n) is 28.2. The van der Waals surface area contributed by atoms with E-state index in [4.69, 9.17) is 24.3 Å². The molecule has 0 bridgehead atoms. The van der Waals surface area contributed by atoms with Crippen molar-refractivity contribution in [1.29, 1.82) is 0 Å². The van der Waals surface area contributed by atoms with Crippen molar-refractivity contribution in [2.24, 2.45) is 5.73 Å². The van der Waals surface area contributed by atoms with Crippen molar-refractivity contribution in [3.63, 3.8) is 0 Å². The highest BCUT2D eigenvalue weighted by Gasteiger charge is 2.26. The fraction of sp³-hybridized carbons (Fsp3) is 0.700. The first-order valence-corrected chi connectivity index (χ1v) is 29.7. The molecule has 0 aromatic heterocycles. The minimum atomic E-state index is -4.38. The van der Waals surface area contributed by atoms with E-state index in [-0.39, 0.29) is 38.6 Å². The number of phosphoric ester groups is 1. The molecule has 0 amide bonds. The van der Waals surface area contributed by atoms with E-state index in [9.17, 15) is 19.0 Å². The maximum atomic E-state index is 12.6. The summed E-state index contributed by atoms with van der Waals surface area (Å²) in [6.07, 6.45) is 73.6. The second-order valence-corrected chi connectivity index (χ2v) is 19.9. The van der Waals surface area contributed by atoms with Crippen LogP contribution in [-0.4, -0.2) is 49.3 Å². The summed E-state index contributed by atoms with van der Waals surface area (Å²) in [6.45, 7) is 3.59. The average Bonchev–Trinajstić information content (AvgIpc) is 3.35. The number of nitrogens with two attached hydrogens (primary N) is 1. The Morgan fingerprint density at radius 3 is 1.17 bits per heavy atom. The number of carbonyl (C=O) groups is 2. The second-order valence-electron chi connectivity index (χ2n) is 18.4. The summed E-state index contributed by atoms with van der Waals surface area (Å²) in [4.78, 5) is 34.9. The number of unbranched alkanes of at least 4 members (excludes halogenated alkanes) is 23. The second kappa shape index (κ2) is 55.2. The summed E-state index contributed by atoms with van der Waals surface area (Å²) in [5.41, 5.74) is 5.35. The van der Waals surface area contributed by atoms with Crippen LogP contribution in [0.5, 0.6) is 0 Å². The molecular weight excluding hydrogens is 894 g/mol. The van der Waals surface area contributed by atoms with Crippen molar-refractivity contribution < 1.29 is 37.6 Å². The van der Waals surface area contributed by atoms with Gasteiger partial charge in [0.15, 0.2) is 6.10 Å². The molecule has 2 unspecified atom stereocenters. The van der Waals surface area contributed by atoms with Crippen molar-refractivity contribution in [3.05, 3.63) is 97.2 Å². The molecule has 402 valence electrons. The highest BCUT2D eigenvalue weighted by molar-refractivity contribution is 7.47. The normalized spacial score (nSPS) is 13.8. The third kappa shape index (κ3) is 54.3. The summed E-state index contributed by atoms with van der Waals surface area (Å²) < 4.78 is 32.8. The summed E-state index contributed by atoms with van der Waals surface area (Å²) >= 11 is 0. The summed E-state index contributed by atoms with van der Waals surface area (Å²) in [6, 6.07) is 0. The van der Waals surface area contributed by atoms with Gasteiger partial charge in [-0.05, 0) is 77.0 Å². The van der Waals surface area contributed by atoms with Crippen molar-refractivity contribution >= 4 is 19.8 Å². The topological polar surface area (TPSA) is 134 Å². The van der Waals surface area contributed by atoms with Crippen LogP contribution >= 0.6 is 7.82 Å². The molecule has 0 aliphatic rings. The number of hydrogen-bond acceptors (Lipinski definition) is 8. The predicted molar refractivity (Wildman–Crippen MR) is 298 cm³/mol. The Hall–Kier alpha value is -3.07. The fourth-order valence-electron chi connectivity index (χ4n) is 7.59. The van der Waals surface area contributed by atoms with Gasteiger partial charge in [-0.25, -0.2) is 4.57 Å². The third-order valence-electron chi connectivity index (χ3n) is 11.7. The summed E-state index contributed by atoms with van der Waals surface area (Å²) in [7, 11) is -4.38. The minimum absolute atomic E-state index is 0.0522. The van der Waals surface area contributed by atoms with E-state index in [1.165, 1.54) is 116 Å². The van der Waals surface area contributed by atoms with Crippen LogP contribution < -0.4 is 5.73 Å². The van der Waals surface area contributed by atoms with Crippen LogP contribution in [-0.2, 0) is 32.7 Å². The molecule has 9 nitrogen and oxygen atoms in total. The van der Waals surface area contributed by atoms with E-state index < -0.39 is 26.5 Å². The lowest BCUT2D eigenvalue weighted by Crippen LogP contribution is -2.29. The lowest BCUT2D eigenvalue weighted by Gasteiger charge is -2.19. The van der Waals surface area contributed by atoms with Gasteiger partial charge in [-0.3, -0.25) is 18.6 Å². The number of ether oxygens (including phenoxy) is 2. The zero-order valence-corrected chi connectivity index (χ0v) is 45.6. The molecule has 0 aromatic carbocycles. The molecule has 0 spiro atoms. The number of esters is 2. The average molecular weight is 998 g/mol. The Kier molecular flexibility index (Phi) is 52.8. The molecule has 10 heteroatoms. The smallest absolute Gasteiger partial charge is 0.462 e. The monoisotopic (exact) mass is 998 g/mol. The van der Waals surface area contributed by atoms with E-state index in [1.807, 2.05) is 0 Å². The Morgan fingerprint density at radius 2 is 0.786 bits per heavy atom. The molecule has 0 saturated heterocycles. The lowest BCUT2D eigenvalue weighted by molar-refractivity contribution is -0.161. The van der Waals surface area contributed by atoms with Gasteiger partial charge in [0, 0.05) is 19.4 Å². The molecule has 0 aromatic rings. The van der Waals surface area contributed by atoms with Crippen LogP contribution in [0.15, 0.2) is 97.2 Å². The van der Waals surface area contributed by atoms with Crippen LogP contribution in [0, 0.1) is 0 Å². The largest absolute Gasteiger partial charge is 0.472 e. The number of phosphoric acid groups is 1. The maximum absolute atomic E-state index is 12.6. The number of hydrogen-bond donors (Lipinski definition) is 2. The van der Waals surface area contributed by atoms with Gasteiger partial charge in [0.1, 0.15) is 6.61 Å². The molecule has 0 fully saturated rings. The first-order chi connectivity index (χ1) is 34.3. The highest BCUT2D eigenvalue weighted by atomic mass is 31.2. The standard InChI is InChI=1S/C60H104NO8P/c1-3-5-7-9-11-13-14-15-16-17-18-19-20-21-22-23-24-25-26-27-28-29-30-31-32-33-34-35-36-37-38-39-40-41-42-43-44-45-47-49-51-53-60(63)69-58(57-68-70(64,65)67-55-54-61)56-66-59(62)52-50-48-46-12-10-8-6-4-2/h5,7,11,13,15-16,18-19,21-22,24-25,27-28,30-31,58H,3-4,6,8-10,12,14,17,20,23,26,29,32-57,61H2,1-2H3,(H,64,65)/b7-5-,13-11-,16-15-,19-18-,22-21-,25-24-,28-27-,31-30-. The maximum Gasteiger partial charge on any atom is 0.472 e. The Bertz CT molecular complexity index is 1460. The van der Waals surface area contributed by atoms with Gasteiger partial charge in [0.2, 0.25) is 0 Å². The molecule has 0 rings (SSSR count). The van der Waals surface area contributed by atoms with Gasteiger partial charge in [-0.15, -0.1) is 0 Å². The van der Waals surface area contributed by atoms with E-state index >= 15 is 0 Å². The lowest BCUT2D eigenvalue weighted by atomic mass is 10.0. The minimum Gasteiger partial charge on any atom is -0.462 e. The van der Waals surface area contributed by atoms with Gasteiger partial charge in [-0.1, -0.05) is 246 Å². The van der Waals surface area contributed by atoms with Gasteiger partial charge in [-0.2, -0.15) is 0 Å². The zero-order valence-electron chi connectivity index (χ0n) is 44.7. The van der Waals surface area contributed by atoms with E-state index in [1.54, 1.807) is 0 Å². The highest BCUT2D eigenvalue weighted by Crippen LogP contribution is 2.43. The Balaban J connectivity index is 3.79. The fourth-order valence-corrected chi connectivity index (χ4v) is 8.36. The van der Waals surface area contributed by atoms with Gasteiger partial charge in [0.25, 0.3) is 0 Å². The van der Waals surface area contributed by atoms with Gasteiger partial charge in [0.05, 0.1) is 13.2 Å². The SMILES string of the molecule is CC/C=C\C/C=C\C/C=C\C/C=C\C/C=C\C/C=C\C/C=C\C/C=C\CCCCCCCCCCCCCCCCCCC(=O)OC(COC(=O)CCCCCCCCCC)COP(=O)(O)OCCN. The van der Waals surface area contributed by atoms with E-state index in [0.717, 1.165) is 89.9 Å². The van der Waals surface area contributed by atoms with Crippen LogP contribution in [0.4, 0.5) is 0 Å². The predicted octanol–water partition coefficient (Wildman–Crippen LogP) is 17.7. The Labute approximate surface area is 429 Å². The number of carbonyl (C=O) groups excluding carboxylic acids is 2. The molecule has 0 radical (unpaired) electrons. The molecule has 2 atom stereocenters. The molecule has 0 aliphatic heterocycles. The van der Waals surface area contributed by atoms with Crippen molar-refractivity contribution in [2.75, 3.05) is 26.4 Å². The van der Waals surface area contributed by atoms with E-state index in [2.05, 4.69) is 111 Å². The molecule has 70 heavy (non-hydrogen) atoms. The van der Waals surface area contributed by atoms with Crippen LogP contribution in [0.3, 0.4) is 0 Å². The van der Waals surface area contributed by atoms with Gasteiger partial charge >= 0.3 is 19.8 Å². The van der Waals surface area contributed by atoms with Crippen molar-refractivity contribution in [1.82, 2.24) is 0 Å². The van der Waals surface area contributed by atoms with Crippen LogP contribution in [0.2, 0.25) is 0 Å². The first kappa shape index (κ1) is 66.9. The quantitative estimate of drug-likeness (QED) is 0.0264. The van der Waals surface area contributed by atoms with Crippen LogP contribution in [0.1, 0.15) is 239 Å². The zero-order chi connectivity index (χ0) is 51.0.